The highest BCUT2D eigenvalue weighted by Gasteiger charge is 2.25. The number of carbonyl (C=O) groups excluding carboxylic acids is 1. The standard InChI is InChI=1S/C17H34N2O3/c1-5-13(9-10-20)12-18-14-7-6-8-15(11-14)19-16(21)22-17(2,3)4/h13-15,18,20H,5-12H2,1-4H3,(H,19,21). The van der Waals surface area contributed by atoms with Crippen molar-refractivity contribution in [1.82, 2.24) is 10.6 Å². The molecule has 0 spiro atoms. The van der Waals surface area contributed by atoms with Crippen LogP contribution in [0.3, 0.4) is 0 Å². The van der Waals surface area contributed by atoms with Crippen LogP contribution >= 0.6 is 0 Å². The summed E-state index contributed by atoms with van der Waals surface area (Å²) in [6, 6.07) is 0.639. The van der Waals surface area contributed by atoms with Crippen LogP contribution in [0, 0.1) is 5.92 Å². The van der Waals surface area contributed by atoms with Gasteiger partial charge in [-0.05, 0) is 65.3 Å². The summed E-state index contributed by atoms with van der Waals surface area (Å²) < 4.78 is 5.33. The molecule has 3 atom stereocenters. The van der Waals surface area contributed by atoms with Crippen molar-refractivity contribution in [3.05, 3.63) is 0 Å². The second-order valence-corrected chi connectivity index (χ2v) is 7.40. The Hall–Kier alpha value is -0.810. The molecule has 1 amide bonds. The summed E-state index contributed by atoms with van der Waals surface area (Å²) >= 11 is 0. The summed E-state index contributed by atoms with van der Waals surface area (Å²) in [6.45, 7) is 9.00. The van der Waals surface area contributed by atoms with Gasteiger partial charge in [0, 0.05) is 18.7 Å². The van der Waals surface area contributed by atoms with Gasteiger partial charge in [-0.25, -0.2) is 4.79 Å². The number of aliphatic hydroxyl groups is 1. The van der Waals surface area contributed by atoms with Crippen LogP contribution in [0.5, 0.6) is 0 Å². The van der Waals surface area contributed by atoms with E-state index in [4.69, 9.17) is 9.84 Å². The highest BCUT2D eigenvalue weighted by molar-refractivity contribution is 5.68. The van der Waals surface area contributed by atoms with Gasteiger partial charge in [-0.1, -0.05) is 13.3 Å². The van der Waals surface area contributed by atoms with Gasteiger partial charge < -0.3 is 20.5 Å². The molecule has 1 saturated carbocycles. The SMILES string of the molecule is CCC(CCO)CNC1CCCC(NC(=O)OC(C)(C)C)C1. The van der Waals surface area contributed by atoms with Crippen molar-refractivity contribution in [2.45, 2.75) is 83.9 Å². The number of hydrogen-bond acceptors (Lipinski definition) is 4. The lowest BCUT2D eigenvalue weighted by Crippen LogP contribution is -2.46. The number of alkyl carbamates (subject to hydrolysis) is 1. The molecule has 1 fully saturated rings. The van der Waals surface area contributed by atoms with Crippen LogP contribution in [0.25, 0.3) is 0 Å². The Balaban J connectivity index is 2.33. The molecule has 0 aliphatic heterocycles. The predicted molar refractivity (Wildman–Crippen MR) is 88.9 cm³/mol. The normalized spacial score (nSPS) is 23.9. The third-order valence-electron chi connectivity index (χ3n) is 4.20. The van der Waals surface area contributed by atoms with Gasteiger partial charge in [0.15, 0.2) is 0 Å². The fourth-order valence-corrected chi connectivity index (χ4v) is 2.95. The van der Waals surface area contributed by atoms with E-state index < -0.39 is 5.60 Å². The number of hydrogen-bond donors (Lipinski definition) is 3. The summed E-state index contributed by atoms with van der Waals surface area (Å²) in [5.74, 6) is 0.532. The number of amides is 1. The van der Waals surface area contributed by atoms with E-state index in [0.29, 0.717) is 12.0 Å². The van der Waals surface area contributed by atoms with Crippen molar-refractivity contribution < 1.29 is 14.6 Å². The van der Waals surface area contributed by atoms with Crippen molar-refractivity contribution in [3.63, 3.8) is 0 Å². The molecule has 0 saturated heterocycles. The minimum atomic E-state index is -0.449. The Morgan fingerprint density at radius 2 is 2.00 bits per heavy atom. The topological polar surface area (TPSA) is 70.6 Å². The highest BCUT2D eigenvalue weighted by Crippen LogP contribution is 2.20. The fraction of sp³-hybridized carbons (Fsp3) is 0.941. The van der Waals surface area contributed by atoms with Crippen molar-refractivity contribution in [2.75, 3.05) is 13.2 Å². The van der Waals surface area contributed by atoms with Crippen LogP contribution in [0.4, 0.5) is 4.79 Å². The average Bonchev–Trinajstić information content (AvgIpc) is 2.41. The lowest BCUT2D eigenvalue weighted by atomic mass is 9.90. The van der Waals surface area contributed by atoms with Crippen molar-refractivity contribution in [2.24, 2.45) is 5.92 Å². The summed E-state index contributed by atoms with van der Waals surface area (Å²) in [4.78, 5) is 11.8. The second-order valence-electron chi connectivity index (χ2n) is 7.40. The van der Waals surface area contributed by atoms with E-state index in [1.54, 1.807) is 0 Å². The number of aliphatic hydroxyl groups excluding tert-OH is 1. The molecular formula is C17H34N2O3. The third-order valence-corrected chi connectivity index (χ3v) is 4.20. The molecule has 0 aromatic carbocycles. The van der Waals surface area contributed by atoms with Crippen LogP contribution in [-0.2, 0) is 4.74 Å². The molecule has 3 N–H and O–H groups in total. The molecule has 0 aromatic rings. The molecule has 5 nitrogen and oxygen atoms in total. The van der Waals surface area contributed by atoms with Crippen molar-refractivity contribution in [1.29, 1.82) is 0 Å². The summed E-state index contributed by atoms with van der Waals surface area (Å²) in [5.41, 5.74) is -0.449. The molecular weight excluding hydrogens is 280 g/mol. The lowest BCUT2D eigenvalue weighted by Gasteiger charge is -2.32. The number of rotatable bonds is 7. The molecule has 1 aliphatic carbocycles. The molecule has 0 radical (unpaired) electrons. The van der Waals surface area contributed by atoms with Crippen molar-refractivity contribution >= 4 is 6.09 Å². The van der Waals surface area contributed by atoms with Gasteiger partial charge in [0.25, 0.3) is 0 Å². The Labute approximate surface area is 135 Å². The van der Waals surface area contributed by atoms with E-state index >= 15 is 0 Å². The Morgan fingerprint density at radius 3 is 2.59 bits per heavy atom. The minimum Gasteiger partial charge on any atom is -0.444 e. The van der Waals surface area contributed by atoms with Crippen molar-refractivity contribution in [3.8, 4) is 0 Å². The molecule has 5 heteroatoms. The minimum absolute atomic E-state index is 0.194. The van der Waals surface area contributed by atoms with E-state index in [2.05, 4.69) is 17.6 Å². The molecule has 1 aliphatic rings. The van der Waals surface area contributed by atoms with Gasteiger partial charge in [-0.2, -0.15) is 0 Å². The van der Waals surface area contributed by atoms with Gasteiger partial charge in [0.05, 0.1) is 0 Å². The van der Waals surface area contributed by atoms with Gasteiger partial charge in [0.2, 0.25) is 0 Å². The first kappa shape index (κ1) is 19.2. The van der Waals surface area contributed by atoms with E-state index in [-0.39, 0.29) is 18.7 Å². The zero-order valence-corrected chi connectivity index (χ0v) is 14.7. The predicted octanol–water partition coefficient (Wildman–Crippen LogP) is 2.82. The number of nitrogens with one attached hydrogen (secondary N) is 2. The van der Waals surface area contributed by atoms with Gasteiger partial charge in [-0.15, -0.1) is 0 Å². The van der Waals surface area contributed by atoms with E-state index in [1.165, 1.54) is 0 Å². The van der Waals surface area contributed by atoms with Gasteiger partial charge in [-0.3, -0.25) is 0 Å². The first-order valence-electron chi connectivity index (χ1n) is 8.67. The number of ether oxygens (including phenoxy) is 1. The Bertz CT molecular complexity index is 328. The maximum absolute atomic E-state index is 11.8. The first-order chi connectivity index (χ1) is 10.3. The monoisotopic (exact) mass is 314 g/mol. The maximum atomic E-state index is 11.8. The third kappa shape index (κ3) is 7.99. The first-order valence-corrected chi connectivity index (χ1v) is 8.67. The van der Waals surface area contributed by atoms with Crippen LogP contribution in [0.15, 0.2) is 0 Å². The average molecular weight is 314 g/mol. The van der Waals surface area contributed by atoms with E-state index in [1.807, 2.05) is 20.8 Å². The fourth-order valence-electron chi connectivity index (χ4n) is 2.95. The Kier molecular flexibility index (Phi) is 8.18. The molecule has 130 valence electrons. The summed E-state index contributed by atoms with van der Waals surface area (Å²) in [5, 5.41) is 15.6. The molecule has 0 aromatic heterocycles. The van der Waals surface area contributed by atoms with Crippen LogP contribution in [-0.4, -0.2) is 42.0 Å². The molecule has 3 unspecified atom stereocenters. The molecule has 1 rings (SSSR count). The molecule has 0 bridgehead atoms. The van der Waals surface area contributed by atoms with Crippen LogP contribution in [0.1, 0.15) is 66.2 Å². The summed E-state index contributed by atoms with van der Waals surface area (Å²) in [6.07, 6.45) is 5.87. The van der Waals surface area contributed by atoms with Gasteiger partial charge >= 0.3 is 6.09 Å². The lowest BCUT2D eigenvalue weighted by molar-refractivity contribution is 0.0488. The van der Waals surface area contributed by atoms with E-state index in [0.717, 1.165) is 45.1 Å². The zero-order valence-electron chi connectivity index (χ0n) is 14.7. The Morgan fingerprint density at radius 1 is 1.32 bits per heavy atom. The van der Waals surface area contributed by atoms with Crippen LogP contribution < -0.4 is 10.6 Å². The highest BCUT2D eigenvalue weighted by atomic mass is 16.6. The summed E-state index contributed by atoms with van der Waals surface area (Å²) in [7, 11) is 0. The van der Waals surface area contributed by atoms with E-state index in [9.17, 15) is 4.79 Å². The van der Waals surface area contributed by atoms with Gasteiger partial charge in [0.1, 0.15) is 5.60 Å². The smallest absolute Gasteiger partial charge is 0.407 e. The maximum Gasteiger partial charge on any atom is 0.407 e. The number of carbonyl (C=O) groups is 1. The molecule has 0 heterocycles. The largest absolute Gasteiger partial charge is 0.444 e. The molecule has 22 heavy (non-hydrogen) atoms. The quantitative estimate of drug-likeness (QED) is 0.676. The van der Waals surface area contributed by atoms with Crippen LogP contribution in [0.2, 0.25) is 0 Å². The zero-order chi connectivity index (χ0) is 16.6. The second kappa shape index (κ2) is 9.36.